The molecule has 5 heteroatoms. The fraction of sp³-hybridized carbons (Fsp3) is 0.947. The third-order valence-electron chi connectivity index (χ3n) is 5.33. The van der Waals surface area contributed by atoms with E-state index >= 15 is 0 Å². The summed E-state index contributed by atoms with van der Waals surface area (Å²) in [6, 6.07) is 0.160. The Labute approximate surface area is 147 Å². The summed E-state index contributed by atoms with van der Waals surface area (Å²) in [6.07, 6.45) is 9.21. The van der Waals surface area contributed by atoms with Crippen LogP contribution in [0.3, 0.4) is 0 Å². The van der Waals surface area contributed by atoms with Gasteiger partial charge in [-0.1, -0.05) is 19.3 Å². The molecule has 1 amide bonds. The fourth-order valence-corrected chi connectivity index (χ4v) is 4.51. The Bertz CT molecular complexity index is 399. The van der Waals surface area contributed by atoms with Crippen LogP contribution < -0.4 is 5.32 Å². The molecule has 0 bridgehead atoms. The molecule has 0 radical (unpaired) electrons. The summed E-state index contributed by atoms with van der Waals surface area (Å²) in [5.74, 6) is 0.0438. The summed E-state index contributed by atoms with van der Waals surface area (Å²) in [6.45, 7) is 8.92. The van der Waals surface area contributed by atoms with Gasteiger partial charge in [0.15, 0.2) is 0 Å². The first-order valence-corrected chi connectivity index (χ1v) is 9.62. The molecule has 1 aliphatic carbocycles. The molecule has 2 N–H and O–H groups in total. The second kappa shape index (κ2) is 8.15. The Balaban J connectivity index is 1.98. The first-order valence-electron chi connectivity index (χ1n) is 9.62. The Kier molecular flexibility index (Phi) is 6.68. The van der Waals surface area contributed by atoms with E-state index in [9.17, 15) is 4.79 Å². The van der Waals surface area contributed by atoms with E-state index in [0.29, 0.717) is 18.9 Å². The van der Waals surface area contributed by atoms with E-state index < -0.39 is 0 Å². The van der Waals surface area contributed by atoms with Crippen LogP contribution in [0.5, 0.6) is 0 Å². The minimum atomic E-state index is -0.117. The van der Waals surface area contributed by atoms with Gasteiger partial charge in [0.2, 0.25) is 5.91 Å². The van der Waals surface area contributed by atoms with Crippen LogP contribution in [0.1, 0.15) is 85.5 Å². The molecule has 0 spiro atoms. The van der Waals surface area contributed by atoms with Crippen LogP contribution in [0.15, 0.2) is 0 Å². The smallest absolute Gasteiger partial charge is 0.220 e. The largest absolute Gasteiger partial charge is 0.396 e. The zero-order valence-corrected chi connectivity index (χ0v) is 15.9. The number of aliphatic hydroxyl groups is 1. The van der Waals surface area contributed by atoms with Gasteiger partial charge in [0.1, 0.15) is 0 Å². The predicted molar refractivity (Wildman–Crippen MR) is 95.4 cm³/mol. The van der Waals surface area contributed by atoms with Gasteiger partial charge in [0.05, 0.1) is 6.10 Å². The zero-order valence-electron chi connectivity index (χ0n) is 15.9. The lowest BCUT2D eigenvalue weighted by atomic mass is 9.79. The van der Waals surface area contributed by atoms with Gasteiger partial charge >= 0.3 is 0 Å². The normalized spacial score (nSPS) is 25.5. The molecule has 0 aromatic rings. The quantitative estimate of drug-likeness (QED) is 0.780. The Morgan fingerprint density at radius 2 is 1.71 bits per heavy atom. The summed E-state index contributed by atoms with van der Waals surface area (Å²) >= 11 is 0. The van der Waals surface area contributed by atoms with Gasteiger partial charge in [-0.25, -0.2) is 0 Å². The van der Waals surface area contributed by atoms with Gasteiger partial charge in [-0.2, -0.15) is 5.06 Å². The van der Waals surface area contributed by atoms with Crippen molar-refractivity contribution in [1.82, 2.24) is 10.4 Å². The standard InChI is InChI=1S/C19H36N2O3/c1-18(2)13-15(20-17(23)11-8-12-22)14-19(3,4)21(18)24-16-9-6-5-7-10-16/h15-16,22H,5-14H2,1-4H3,(H,20,23). The first kappa shape index (κ1) is 19.7. The second-order valence-electron chi connectivity index (χ2n) is 8.78. The molecule has 140 valence electrons. The van der Waals surface area contributed by atoms with Gasteiger partial charge in [-0.15, -0.1) is 0 Å². The van der Waals surface area contributed by atoms with Crippen molar-refractivity contribution in [3.8, 4) is 0 Å². The molecule has 1 heterocycles. The fourth-order valence-electron chi connectivity index (χ4n) is 4.51. The number of carbonyl (C=O) groups excluding carboxylic acids is 1. The summed E-state index contributed by atoms with van der Waals surface area (Å²) in [5.41, 5.74) is -0.234. The number of hydroxylamine groups is 2. The van der Waals surface area contributed by atoms with Crippen molar-refractivity contribution in [2.75, 3.05) is 6.61 Å². The molecule has 0 atom stereocenters. The van der Waals surface area contributed by atoms with Crippen LogP contribution in [0.2, 0.25) is 0 Å². The molecule has 2 fully saturated rings. The minimum absolute atomic E-state index is 0.0438. The second-order valence-corrected chi connectivity index (χ2v) is 8.78. The van der Waals surface area contributed by atoms with Crippen LogP contribution in [-0.4, -0.2) is 45.9 Å². The highest BCUT2D eigenvalue weighted by molar-refractivity contribution is 5.76. The molecule has 1 saturated heterocycles. The molecule has 2 rings (SSSR count). The van der Waals surface area contributed by atoms with Crippen molar-refractivity contribution in [2.24, 2.45) is 0 Å². The van der Waals surface area contributed by atoms with E-state index in [4.69, 9.17) is 9.94 Å². The molecule has 0 aromatic carbocycles. The molecule has 0 aromatic heterocycles. The van der Waals surface area contributed by atoms with E-state index in [1.165, 1.54) is 19.3 Å². The number of hydrogen-bond donors (Lipinski definition) is 2. The van der Waals surface area contributed by atoms with Gasteiger partial charge < -0.3 is 10.4 Å². The Hall–Kier alpha value is -0.650. The van der Waals surface area contributed by atoms with Crippen LogP contribution >= 0.6 is 0 Å². The molecule has 24 heavy (non-hydrogen) atoms. The van der Waals surface area contributed by atoms with Crippen molar-refractivity contribution in [3.05, 3.63) is 0 Å². The number of nitrogens with zero attached hydrogens (tertiary/aromatic N) is 1. The Morgan fingerprint density at radius 1 is 1.12 bits per heavy atom. The average Bonchev–Trinajstić information content (AvgIpc) is 2.49. The zero-order chi connectivity index (χ0) is 17.8. The maximum atomic E-state index is 12.0. The Morgan fingerprint density at radius 3 is 2.25 bits per heavy atom. The van der Waals surface area contributed by atoms with Gasteiger partial charge in [-0.05, 0) is 59.8 Å². The van der Waals surface area contributed by atoms with Gasteiger partial charge in [0, 0.05) is 30.1 Å². The van der Waals surface area contributed by atoms with Crippen molar-refractivity contribution < 1.29 is 14.7 Å². The lowest BCUT2D eigenvalue weighted by Crippen LogP contribution is -2.64. The molecule has 1 aliphatic heterocycles. The number of amides is 1. The maximum Gasteiger partial charge on any atom is 0.220 e. The molecule has 5 nitrogen and oxygen atoms in total. The van der Waals surface area contributed by atoms with E-state index in [2.05, 4.69) is 38.1 Å². The highest BCUT2D eigenvalue weighted by Gasteiger charge is 2.47. The lowest BCUT2D eigenvalue weighted by Gasteiger charge is -2.55. The summed E-state index contributed by atoms with van der Waals surface area (Å²) in [5, 5.41) is 14.2. The predicted octanol–water partition coefficient (Wildman–Crippen LogP) is 3.16. The highest BCUT2D eigenvalue weighted by Crippen LogP contribution is 2.40. The summed E-state index contributed by atoms with van der Waals surface area (Å²) in [4.78, 5) is 18.5. The number of nitrogens with one attached hydrogen (secondary N) is 1. The number of rotatable bonds is 6. The summed E-state index contributed by atoms with van der Waals surface area (Å²) < 4.78 is 0. The number of hydrogen-bond acceptors (Lipinski definition) is 4. The van der Waals surface area contributed by atoms with Crippen molar-refractivity contribution >= 4 is 5.91 Å². The summed E-state index contributed by atoms with van der Waals surface area (Å²) in [7, 11) is 0. The van der Waals surface area contributed by atoms with Crippen molar-refractivity contribution in [2.45, 2.75) is 109 Å². The highest BCUT2D eigenvalue weighted by atomic mass is 16.7. The minimum Gasteiger partial charge on any atom is -0.396 e. The maximum absolute atomic E-state index is 12.0. The number of piperidine rings is 1. The van der Waals surface area contributed by atoms with E-state index in [1.54, 1.807) is 0 Å². The van der Waals surface area contributed by atoms with E-state index in [1.807, 2.05) is 0 Å². The molecule has 1 saturated carbocycles. The monoisotopic (exact) mass is 340 g/mol. The number of aliphatic hydroxyl groups excluding tert-OH is 1. The average molecular weight is 341 g/mol. The van der Waals surface area contributed by atoms with Gasteiger partial charge in [-0.3, -0.25) is 9.63 Å². The van der Waals surface area contributed by atoms with Crippen LogP contribution in [0, 0.1) is 0 Å². The van der Waals surface area contributed by atoms with Crippen molar-refractivity contribution in [1.29, 1.82) is 0 Å². The van der Waals surface area contributed by atoms with Gasteiger partial charge in [0.25, 0.3) is 0 Å². The molecule has 0 unspecified atom stereocenters. The van der Waals surface area contributed by atoms with Crippen LogP contribution in [0.4, 0.5) is 0 Å². The van der Waals surface area contributed by atoms with E-state index in [-0.39, 0.29) is 29.6 Å². The van der Waals surface area contributed by atoms with Crippen LogP contribution in [0.25, 0.3) is 0 Å². The lowest BCUT2D eigenvalue weighted by molar-refractivity contribution is -0.310. The SMILES string of the molecule is CC1(C)CC(NC(=O)CCCO)CC(C)(C)N1OC1CCCCC1. The topological polar surface area (TPSA) is 61.8 Å². The van der Waals surface area contributed by atoms with Crippen molar-refractivity contribution in [3.63, 3.8) is 0 Å². The molecule has 2 aliphatic rings. The third-order valence-corrected chi connectivity index (χ3v) is 5.33. The number of carbonyl (C=O) groups is 1. The molecular weight excluding hydrogens is 304 g/mol. The first-order chi connectivity index (χ1) is 11.2. The van der Waals surface area contributed by atoms with E-state index in [0.717, 1.165) is 25.7 Å². The molecular formula is C19H36N2O3. The van der Waals surface area contributed by atoms with Crippen LogP contribution in [-0.2, 0) is 9.63 Å². The third kappa shape index (κ3) is 5.17.